The molecule has 0 fully saturated rings. The van der Waals surface area contributed by atoms with Crippen molar-refractivity contribution >= 4 is 54.5 Å². The molecule has 6 rings (SSSR count). The Labute approximate surface area is 174 Å². The quantitative estimate of drug-likeness (QED) is 0.253. The second kappa shape index (κ2) is 5.79. The third-order valence-corrected chi connectivity index (χ3v) is 6.13. The highest BCUT2D eigenvalue weighted by Crippen LogP contribution is 2.43. The highest BCUT2D eigenvalue weighted by Gasteiger charge is 2.23. The predicted octanol–water partition coefficient (Wildman–Crippen LogP) is 7.44. The van der Waals surface area contributed by atoms with Gasteiger partial charge < -0.3 is 4.42 Å². The molecule has 3 heteroatoms. The number of pyridine rings is 2. The van der Waals surface area contributed by atoms with Gasteiger partial charge in [0.1, 0.15) is 5.58 Å². The van der Waals surface area contributed by atoms with Crippen LogP contribution in [0.1, 0.15) is 32.0 Å². The molecule has 0 bridgehead atoms. The zero-order chi connectivity index (χ0) is 20.6. The molecular weight excluding hydrogens is 368 g/mol. The van der Waals surface area contributed by atoms with E-state index in [2.05, 4.69) is 74.3 Å². The van der Waals surface area contributed by atoms with Gasteiger partial charge in [0, 0.05) is 38.8 Å². The van der Waals surface area contributed by atoms with Crippen LogP contribution < -0.4 is 0 Å². The Bertz CT molecular complexity index is 1630. The highest BCUT2D eigenvalue weighted by molar-refractivity contribution is 6.32. The average molecular weight is 390 g/mol. The lowest BCUT2D eigenvalue weighted by Crippen LogP contribution is -2.12. The number of hydrogen-bond donors (Lipinski definition) is 0. The maximum atomic E-state index is 6.43. The van der Waals surface area contributed by atoms with Crippen molar-refractivity contribution in [2.45, 2.75) is 33.1 Å². The van der Waals surface area contributed by atoms with Gasteiger partial charge in [-0.15, -0.1) is 0 Å². The van der Waals surface area contributed by atoms with Gasteiger partial charge in [0.25, 0.3) is 0 Å². The van der Waals surface area contributed by atoms with Crippen molar-refractivity contribution in [3.8, 4) is 0 Å². The van der Waals surface area contributed by atoms with Crippen molar-refractivity contribution in [2.75, 3.05) is 0 Å². The molecule has 6 aromatic rings. The molecule has 3 aromatic carbocycles. The first-order chi connectivity index (χ1) is 14.4. The molecule has 0 aliphatic rings. The van der Waals surface area contributed by atoms with E-state index in [1.54, 1.807) is 0 Å². The number of aromatic nitrogens is 2. The van der Waals surface area contributed by atoms with Crippen molar-refractivity contribution < 1.29 is 4.42 Å². The Morgan fingerprint density at radius 1 is 0.733 bits per heavy atom. The summed E-state index contributed by atoms with van der Waals surface area (Å²) in [7, 11) is 0. The largest absolute Gasteiger partial charge is 0.437 e. The molecule has 0 amide bonds. The van der Waals surface area contributed by atoms with Crippen LogP contribution in [0.4, 0.5) is 0 Å². The number of fused-ring (bicyclic) bond motifs is 10. The SMILES string of the molecule is Cc1ccc2c(n1)oc1c2ccc2c3ccccc3c3nccc(C(C)(C)C)c3c21. The molecule has 0 aliphatic heterocycles. The van der Waals surface area contributed by atoms with Gasteiger partial charge in [0.2, 0.25) is 5.71 Å². The maximum absolute atomic E-state index is 6.43. The number of nitrogens with zero attached hydrogens (tertiary/aromatic N) is 2. The molecule has 0 radical (unpaired) electrons. The van der Waals surface area contributed by atoms with E-state index >= 15 is 0 Å². The molecule has 0 spiro atoms. The molecule has 3 heterocycles. The van der Waals surface area contributed by atoms with Crippen LogP contribution in [0.25, 0.3) is 54.5 Å². The summed E-state index contributed by atoms with van der Waals surface area (Å²) in [6.45, 7) is 8.76. The Morgan fingerprint density at radius 2 is 1.47 bits per heavy atom. The van der Waals surface area contributed by atoms with Gasteiger partial charge in [-0.2, -0.15) is 0 Å². The van der Waals surface area contributed by atoms with Gasteiger partial charge in [-0.1, -0.05) is 51.1 Å². The molecule has 0 atom stereocenters. The minimum atomic E-state index is -0.0282. The van der Waals surface area contributed by atoms with E-state index in [0.717, 1.165) is 33.0 Å². The van der Waals surface area contributed by atoms with Crippen molar-refractivity contribution in [1.82, 2.24) is 9.97 Å². The van der Waals surface area contributed by atoms with Crippen molar-refractivity contribution in [2.24, 2.45) is 0 Å². The lowest BCUT2D eigenvalue weighted by molar-refractivity contribution is 0.595. The summed E-state index contributed by atoms with van der Waals surface area (Å²) in [5, 5.41) is 8.04. The summed E-state index contributed by atoms with van der Waals surface area (Å²) < 4.78 is 6.43. The third-order valence-electron chi connectivity index (χ3n) is 6.13. The Morgan fingerprint density at radius 3 is 2.27 bits per heavy atom. The first-order valence-corrected chi connectivity index (χ1v) is 10.4. The number of furan rings is 1. The predicted molar refractivity (Wildman–Crippen MR) is 125 cm³/mol. The van der Waals surface area contributed by atoms with Crippen LogP contribution in [-0.2, 0) is 5.41 Å². The smallest absolute Gasteiger partial charge is 0.227 e. The van der Waals surface area contributed by atoms with Gasteiger partial charge in [0.15, 0.2) is 0 Å². The van der Waals surface area contributed by atoms with E-state index in [0.29, 0.717) is 5.71 Å². The molecule has 0 aliphatic carbocycles. The normalized spacial score (nSPS) is 12.7. The number of hydrogen-bond acceptors (Lipinski definition) is 3. The second-order valence-electron chi connectivity index (χ2n) is 9.15. The molecule has 3 aromatic heterocycles. The Kier molecular flexibility index (Phi) is 3.36. The highest BCUT2D eigenvalue weighted by atomic mass is 16.3. The Balaban J connectivity index is 1.99. The monoisotopic (exact) mass is 390 g/mol. The van der Waals surface area contributed by atoms with Crippen LogP contribution in [0.5, 0.6) is 0 Å². The lowest BCUT2D eigenvalue weighted by Gasteiger charge is -2.23. The lowest BCUT2D eigenvalue weighted by atomic mass is 9.82. The summed E-state index contributed by atoms with van der Waals surface area (Å²) in [6, 6.07) is 19.2. The van der Waals surface area contributed by atoms with Gasteiger partial charge in [-0.3, -0.25) is 4.98 Å². The summed E-state index contributed by atoms with van der Waals surface area (Å²) in [4.78, 5) is 9.50. The van der Waals surface area contributed by atoms with E-state index in [1.165, 1.54) is 27.1 Å². The summed E-state index contributed by atoms with van der Waals surface area (Å²) in [5.74, 6) is 0. The van der Waals surface area contributed by atoms with Crippen molar-refractivity contribution in [3.05, 3.63) is 72.1 Å². The van der Waals surface area contributed by atoms with Crippen LogP contribution in [0, 0.1) is 6.92 Å². The molecule has 146 valence electrons. The van der Waals surface area contributed by atoms with Crippen molar-refractivity contribution in [1.29, 1.82) is 0 Å². The fourth-order valence-electron chi connectivity index (χ4n) is 4.75. The average Bonchev–Trinajstić information content (AvgIpc) is 3.10. The fraction of sp³-hybridized carbons (Fsp3) is 0.185. The van der Waals surface area contributed by atoms with Gasteiger partial charge in [0.05, 0.1) is 5.52 Å². The number of aryl methyl sites for hydroxylation is 1. The fourth-order valence-corrected chi connectivity index (χ4v) is 4.75. The minimum absolute atomic E-state index is 0.0282. The molecule has 0 saturated heterocycles. The van der Waals surface area contributed by atoms with E-state index in [9.17, 15) is 0 Å². The zero-order valence-electron chi connectivity index (χ0n) is 17.6. The molecule has 0 saturated carbocycles. The molecule has 30 heavy (non-hydrogen) atoms. The van der Waals surface area contributed by atoms with Crippen LogP contribution in [-0.4, -0.2) is 9.97 Å². The molecule has 0 N–H and O–H groups in total. The summed E-state index contributed by atoms with van der Waals surface area (Å²) in [6.07, 6.45) is 1.94. The van der Waals surface area contributed by atoms with Gasteiger partial charge in [-0.05, 0) is 52.9 Å². The van der Waals surface area contributed by atoms with Crippen LogP contribution >= 0.6 is 0 Å². The van der Waals surface area contributed by atoms with Crippen molar-refractivity contribution in [3.63, 3.8) is 0 Å². The maximum Gasteiger partial charge on any atom is 0.227 e. The second-order valence-corrected chi connectivity index (χ2v) is 9.15. The van der Waals surface area contributed by atoms with E-state index < -0.39 is 0 Å². The number of rotatable bonds is 0. The summed E-state index contributed by atoms with van der Waals surface area (Å²) in [5.41, 5.74) is 4.83. The standard InChI is InChI=1S/C27H22N2O/c1-15-9-10-20-19-12-11-17-16-7-5-6-8-18(16)24-23(21(13-14-28-24)27(2,3)4)22(17)25(19)30-26(20)29-15/h5-14H,1-4H3. The van der Waals surface area contributed by atoms with Crippen LogP contribution in [0.2, 0.25) is 0 Å². The third kappa shape index (κ3) is 2.26. The van der Waals surface area contributed by atoms with E-state index in [4.69, 9.17) is 9.40 Å². The van der Waals surface area contributed by atoms with Gasteiger partial charge >= 0.3 is 0 Å². The van der Waals surface area contributed by atoms with Crippen LogP contribution in [0.3, 0.4) is 0 Å². The molecule has 3 nitrogen and oxygen atoms in total. The van der Waals surface area contributed by atoms with E-state index in [1.807, 2.05) is 19.2 Å². The van der Waals surface area contributed by atoms with Crippen LogP contribution in [0.15, 0.2) is 65.2 Å². The molecule has 0 unspecified atom stereocenters. The first kappa shape index (κ1) is 17.4. The first-order valence-electron chi connectivity index (χ1n) is 10.4. The Hall–Kier alpha value is -3.46. The zero-order valence-corrected chi connectivity index (χ0v) is 17.6. The van der Waals surface area contributed by atoms with Gasteiger partial charge in [-0.25, -0.2) is 4.98 Å². The topological polar surface area (TPSA) is 38.9 Å². The summed E-state index contributed by atoms with van der Waals surface area (Å²) >= 11 is 0. The molecular formula is C27H22N2O. The van der Waals surface area contributed by atoms with E-state index in [-0.39, 0.29) is 5.41 Å². The number of benzene rings is 3. The minimum Gasteiger partial charge on any atom is -0.437 e.